The van der Waals surface area contributed by atoms with Crippen LogP contribution in [0.25, 0.3) is 10.9 Å². The zero-order valence-electron chi connectivity index (χ0n) is 15.6. The molecule has 4 nitrogen and oxygen atoms in total. The molecule has 0 spiro atoms. The van der Waals surface area contributed by atoms with Crippen LogP contribution in [0.1, 0.15) is 50.6 Å². The highest BCUT2D eigenvalue weighted by molar-refractivity contribution is 7.89. The molecule has 0 bridgehead atoms. The second-order valence-corrected chi connectivity index (χ2v) is 8.45. The molecular weight excluding hydrogens is 356 g/mol. The van der Waals surface area contributed by atoms with E-state index in [0.717, 1.165) is 36.6 Å². The fraction of sp³-hybridized carbons (Fsp3) is 0.318. The van der Waals surface area contributed by atoms with Gasteiger partial charge < -0.3 is 0 Å². The number of fused-ring (bicyclic) bond motifs is 1. The summed E-state index contributed by atoms with van der Waals surface area (Å²) in [7, 11) is -3.69. The topological polar surface area (TPSA) is 59.1 Å². The molecule has 5 heteroatoms. The number of unbranched alkanes of at least 4 members (excludes halogenated alkanes) is 3. The molecule has 0 aliphatic carbocycles. The van der Waals surface area contributed by atoms with E-state index in [2.05, 4.69) is 16.6 Å². The number of hydrogen-bond donors (Lipinski definition) is 1. The number of hydrogen-bond acceptors (Lipinski definition) is 3. The van der Waals surface area contributed by atoms with Crippen molar-refractivity contribution in [3.63, 3.8) is 0 Å². The van der Waals surface area contributed by atoms with Crippen molar-refractivity contribution in [2.24, 2.45) is 0 Å². The Morgan fingerprint density at radius 1 is 0.926 bits per heavy atom. The van der Waals surface area contributed by atoms with E-state index in [9.17, 15) is 8.42 Å². The minimum absolute atomic E-state index is 0.232. The highest BCUT2D eigenvalue weighted by Gasteiger charge is 2.23. The van der Waals surface area contributed by atoms with Crippen molar-refractivity contribution in [1.29, 1.82) is 0 Å². The van der Waals surface area contributed by atoms with Crippen molar-refractivity contribution >= 4 is 20.9 Å². The molecule has 3 rings (SSSR count). The number of benzene rings is 2. The fourth-order valence-electron chi connectivity index (χ4n) is 3.30. The Kier molecular flexibility index (Phi) is 6.58. The lowest BCUT2D eigenvalue weighted by molar-refractivity contribution is 0.513. The molecule has 0 aliphatic rings. The summed E-state index contributed by atoms with van der Waals surface area (Å²) in [5.74, 6) is 0. The van der Waals surface area contributed by atoms with Gasteiger partial charge in [0, 0.05) is 17.6 Å². The Hall–Kier alpha value is -2.24. The summed E-state index contributed by atoms with van der Waals surface area (Å²) in [5, 5.41) is 0.819. The van der Waals surface area contributed by atoms with E-state index >= 15 is 0 Å². The first kappa shape index (κ1) is 19.5. The molecule has 1 N–H and O–H groups in total. The van der Waals surface area contributed by atoms with Gasteiger partial charge in [0.05, 0.1) is 5.52 Å². The number of aromatic nitrogens is 1. The third-order valence-corrected chi connectivity index (χ3v) is 6.23. The summed E-state index contributed by atoms with van der Waals surface area (Å²) in [6, 6.07) is 18.5. The number of nitrogens with one attached hydrogen (secondary N) is 1. The highest BCUT2D eigenvalue weighted by Crippen LogP contribution is 2.26. The summed E-state index contributed by atoms with van der Waals surface area (Å²) in [5.41, 5.74) is 1.50. The normalized spacial score (nSPS) is 12.9. The lowest BCUT2D eigenvalue weighted by Crippen LogP contribution is -2.29. The number of pyridine rings is 1. The zero-order valence-corrected chi connectivity index (χ0v) is 16.5. The average molecular weight is 383 g/mol. The molecule has 1 heterocycles. The van der Waals surface area contributed by atoms with E-state index in [1.165, 1.54) is 6.42 Å². The molecule has 142 valence electrons. The lowest BCUT2D eigenvalue weighted by atomic mass is 10.0. The van der Waals surface area contributed by atoms with Crippen LogP contribution in [0, 0.1) is 0 Å². The summed E-state index contributed by atoms with van der Waals surface area (Å²) in [6.45, 7) is 2.17. The number of sulfonamides is 1. The van der Waals surface area contributed by atoms with Crippen molar-refractivity contribution in [2.45, 2.75) is 50.0 Å². The van der Waals surface area contributed by atoms with Gasteiger partial charge in [0.1, 0.15) is 4.90 Å². The van der Waals surface area contributed by atoms with Crippen LogP contribution in [0.2, 0.25) is 0 Å². The van der Waals surface area contributed by atoms with E-state index in [0.29, 0.717) is 5.52 Å². The zero-order chi connectivity index (χ0) is 19.1. The van der Waals surface area contributed by atoms with Gasteiger partial charge in [-0.2, -0.15) is 0 Å². The number of para-hydroxylation sites is 1. The molecule has 0 radical (unpaired) electrons. The van der Waals surface area contributed by atoms with Gasteiger partial charge in [-0.05, 0) is 24.1 Å². The van der Waals surface area contributed by atoms with Crippen molar-refractivity contribution in [2.75, 3.05) is 0 Å². The summed E-state index contributed by atoms with van der Waals surface area (Å²) < 4.78 is 29.3. The van der Waals surface area contributed by atoms with Crippen molar-refractivity contribution in [3.05, 3.63) is 72.4 Å². The first-order valence-corrected chi connectivity index (χ1v) is 11.0. The SMILES string of the molecule is CCCCCCC(NS(=O)(=O)c1cccc2cccnc12)c1ccccc1. The van der Waals surface area contributed by atoms with Gasteiger partial charge in [-0.15, -0.1) is 0 Å². The molecule has 0 saturated heterocycles. The minimum atomic E-state index is -3.69. The average Bonchev–Trinajstić information content (AvgIpc) is 2.70. The predicted molar refractivity (Wildman–Crippen MR) is 110 cm³/mol. The van der Waals surface area contributed by atoms with Crippen LogP contribution in [0.15, 0.2) is 71.8 Å². The van der Waals surface area contributed by atoms with Gasteiger partial charge >= 0.3 is 0 Å². The molecule has 0 aliphatic heterocycles. The Labute approximate surface area is 161 Å². The lowest BCUT2D eigenvalue weighted by Gasteiger charge is -2.20. The van der Waals surface area contributed by atoms with Crippen molar-refractivity contribution in [3.8, 4) is 0 Å². The van der Waals surface area contributed by atoms with Gasteiger partial charge in [0.25, 0.3) is 0 Å². The molecule has 0 fully saturated rings. The Balaban J connectivity index is 1.89. The third-order valence-electron chi connectivity index (χ3n) is 4.73. The van der Waals surface area contributed by atoms with Crippen LogP contribution in [0.5, 0.6) is 0 Å². The van der Waals surface area contributed by atoms with E-state index < -0.39 is 10.0 Å². The molecule has 1 atom stereocenters. The van der Waals surface area contributed by atoms with Gasteiger partial charge in [0.2, 0.25) is 10.0 Å². The summed E-state index contributed by atoms with van der Waals surface area (Å²) in [4.78, 5) is 4.53. The van der Waals surface area contributed by atoms with Gasteiger partial charge in [-0.3, -0.25) is 4.98 Å². The first-order valence-electron chi connectivity index (χ1n) is 9.53. The monoisotopic (exact) mass is 382 g/mol. The van der Waals surface area contributed by atoms with Gasteiger partial charge in [0.15, 0.2) is 0 Å². The highest BCUT2D eigenvalue weighted by atomic mass is 32.2. The maximum atomic E-state index is 13.2. The second kappa shape index (κ2) is 9.11. The van der Waals surface area contributed by atoms with E-state index in [1.807, 2.05) is 48.5 Å². The van der Waals surface area contributed by atoms with Crippen LogP contribution in [0.4, 0.5) is 0 Å². The Morgan fingerprint density at radius 2 is 1.70 bits per heavy atom. The number of nitrogens with zero attached hydrogens (tertiary/aromatic N) is 1. The van der Waals surface area contributed by atoms with E-state index in [1.54, 1.807) is 18.3 Å². The maximum Gasteiger partial charge on any atom is 0.243 e. The fourth-order valence-corrected chi connectivity index (χ4v) is 4.74. The molecule has 3 aromatic rings. The largest absolute Gasteiger partial charge is 0.255 e. The van der Waals surface area contributed by atoms with E-state index in [4.69, 9.17) is 0 Å². The van der Waals surface area contributed by atoms with E-state index in [-0.39, 0.29) is 10.9 Å². The minimum Gasteiger partial charge on any atom is -0.255 e. The molecule has 1 unspecified atom stereocenters. The smallest absolute Gasteiger partial charge is 0.243 e. The summed E-state index contributed by atoms with van der Waals surface area (Å²) >= 11 is 0. The maximum absolute atomic E-state index is 13.2. The second-order valence-electron chi connectivity index (χ2n) is 6.77. The molecule has 0 amide bonds. The van der Waals surface area contributed by atoms with Crippen LogP contribution in [-0.2, 0) is 10.0 Å². The van der Waals surface area contributed by atoms with Crippen LogP contribution in [0.3, 0.4) is 0 Å². The van der Waals surface area contributed by atoms with Crippen molar-refractivity contribution < 1.29 is 8.42 Å². The van der Waals surface area contributed by atoms with Crippen LogP contribution in [-0.4, -0.2) is 13.4 Å². The summed E-state index contributed by atoms with van der Waals surface area (Å²) in [6.07, 6.45) is 6.83. The molecular formula is C22H26N2O2S. The molecule has 1 aromatic heterocycles. The molecule has 2 aromatic carbocycles. The predicted octanol–water partition coefficient (Wildman–Crippen LogP) is 5.22. The Morgan fingerprint density at radius 3 is 2.48 bits per heavy atom. The van der Waals surface area contributed by atoms with Crippen LogP contribution >= 0.6 is 0 Å². The Bertz CT molecular complexity index is 967. The third kappa shape index (κ3) is 4.93. The number of rotatable bonds is 9. The quantitative estimate of drug-likeness (QED) is 0.516. The van der Waals surface area contributed by atoms with Gasteiger partial charge in [-0.25, -0.2) is 13.1 Å². The standard InChI is InChI=1S/C22H26N2O2S/c1-2-3-4-8-15-20(18-11-6-5-7-12-18)24-27(25,26)21-16-9-13-19-14-10-17-23-22(19)21/h5-7,9-14,16-17,20,24H,2-4,8,15H2,1H3. The van der Waals surface area contributed by atoms with Crippen molar-refractivity contribution in [1.82, 2.24) is 9.71 Å². The van der Waals surface area contributed by atoms with Gasteiger partial charge in [-0.1, -0.05) is 81.1 Å². The molecule has 0 saturated carbocycles. The van der Waals surface area contributed by atoms with Crippen LogP contribution < -0.4 is 4.72 Å². The molecule has 27 heavy (non-hydrogen) atoms. The first-order chi connectivity index (χ1) is 13.1.